The first-order chi connectivity index (χ1) is 12.4. The molecule has 3 rings (SSSR count). The highest BCUT2D eigenvalue weighted by Gasteiger charge is 2.35. The zero-order chi connectivity index (χ0) is 18.7. The van der Waals surface area contributed by atoms with Crippen molar-refractivity contribution in [2.75, 3.05) is 26.3 Å². The second-order valence-electron chi connectivity index (χ2n) is 6.95. The van der Waals surface area contributed by atoms with E-state index in [0.717, 1.165) is 5.56 Å². The van der Waals surface area contributed by atoms with E-state index in [1.807, 2.05) is 19.1 Å². The molecule has 0 bridgehead atoms. The number of carbonyl (C=O) groups is 2. The van der Waals surface area contributed by atoms with Crippen molar-refractivity contribution in [3.63, 3.8) is 0 Å². The molecule has 2 heterocycles. The fourth-order valence-corrected chi connectivity index (χ4v) is 4.61. The second kappa shape index (κ2) is 7.75. The summed E-state index contributed by atoms with van der Waals surface area (Å²) >= 11 is 0. The van der Waals surface area contributed by atoms with E-state index in [1.54, 1.807) is 17.0 Å². The van der Waals surface area contributed by atoms with Gasteiger partial charge in [0.25, 0.3) is 5.91 Å². The van der Waals surface area contributed by atoms with Gasteiger partial charge in [-0.05, 0) is 38.3 Å². The zero-order valence-corrected chi connectivity index (χ0v) is 15.6. The molecule has 1 aromatic rings. The summed E-state index contributed by atoms with van der Waals surface area (Å²) in [5.41, 5.74) is 1.64. The normalized spacial score (nSPS) is 23.7. The summed E-state index contributed by atoms with van der Waals surface area (Å²) in [5.74, 6) is -1.18. The van der Waals surface area contributed by atoms with Gasteiger partial charge in [-0.25, -0.2) is 8.42 Å². The van der Waals surface area contributed by atoms with Gasteiger partial charge in [0, 0.05) is 25.3 Å². The largest absolute Gasteiger partial charge is 0.380 e. The summed E-state index contributed by atoms with van der Waals surface area (Å²) in [6.07, 6.45) is 1.63. The van der Waals surface area contributed by atoms with Crippen molar-refractivity contribution in [3.05, 3.63) is 35.4 Å². The van der Waals surface area contributed by atoms with Crippen LogP contribution < -0.4 is 4.72 Å². The van der Waals surface area contributed by atoms with Gasteiger partial charge < -0.3 is 9.64 Å². The minimum absolute atomic E-state index is 0.116. The van der Waals surface area contributed by atoms with Crippen molar-refractivity contribution in [2.24, 2.45) is 5.92 Å². The molecule has 1 aromatic carbocycles. The Kier molecular flexibility index (Phi) is 5.62. The first-order valence-corrected chi connectivity index (χ1v) is 10.4. The van der Waals surface area contributed by atoms with E-state index in [-0.39, 0.29) is 19.1 Å². The van der Waals surface area contributed by atoms with Gasteiger partial charge in [-0.1, -0.05) is 17.7 Å². The molecule has 26 heavy (non-hydrogen) atoms. The Labute approximate surface area is 153 Å². The summed E-state index contributed by atoms with van der Waals surface area (Å²) in [4.78, 5) is 26.7. The molecular weight excluding hydrogens is 356 g/mol. The Morgan fingerprint density at radius 1 is 1.19 bits per heavy atom. The molecular formula is C18H24N2O5S. The topological polar surface area (TPSA) is 92.8 Å². The van der Waals surface area contributed by atoms with Gasteiger partial charge >= 0.3 is 0 Å². The Morgan fingerprint density at radius 2 is 1.92 bits per heavy atom. The number of nitrogens with zero attached hydrogens (tertiary/aromatic N) is 1. The molecule has 2 fully saturated rings. The second-order valence-corrected chi connectivity index (χ2v) is 8.91. The highest BCUT2D eigenvalue weighted by Crippen LogP contribution is 2.20. The average molecular weight is 380 g/mol. The lowest BCUT2D eigenvalue weighted by molar-refractivity contribution is -0.124. The number of hydrogen-bond acceptors (Lipinski definition) is 5. The smallest absolute Gasteiger partial charge is 0.253 e. The number of aryl methyl sites for hydroxylation is 1. The highest BCUT2D eigenvalue weighted by atomic mass is 32.2. The van der Waals surface area contributed by atoms with Crippen molar-refractivity contribution in [1.29, 1.82) is 0 Å². The molecule has 2 aliphatic heterocycles. The lowest BCUT2D eigenvalue weighted by Crippen LogP contribution is -2.48. The summed E-state index contributed by atoms with van der Waals surface area (Å²) in [6.45, 7) is 3.26. The number of sulfonamides is 1. The lowest BCUT2D eigenvalue weighted by Gasteiger charge is -2.32. The van der Waals surface area contributed by atoms with Gasteiger partial charge in [-0.2, -0.15) is 0 Å². The molecule has 0 radical (unpaired) electrons. The first-order valence-electron chi connectivity index (χ1n) is 8.86. The van der Waals surface area contributed by atoms with Crippen molar-refractivity contribution >= 4 is 21.8 Å². The third-order valence-corrected chi connectivity index (χ3v) is 6.68. The van der Waals surface area contributed by atoms with Gasteiger partial charge in [-0.15, -0.1) is 0 Å². The number of benzene rings is 1. The summed E-state index contributed by atoms with van der Waals surface area (Å²) in [5, 5.41) is -0.680. The summed E-state index contributed by atoms with van der Waals surface area (Å²) < 4.78 is 31.8. The maximum absolute atomic E-state index is 12.6. The minimum Gasteiger partial charge on any atom is -0.380 e. The third kappa shape index (κ3) is 4.24. The van der Waals surface area contributed by atoms with Crippen LogP contribution in [0.15, 0.2) is 24.3 Å². The van der Waals surface area contributed by atoms with Crippen LogP contribution in [0.25, 0.3) is 0 Å². The fraction of sp³-hybridized carbons (Fsp3) is 0.556. The maximum Gasteiger partial charge on any atom is 0.253 e. The van der Waals surface area contributed by atoms with Crippen molar-refractivity contribution in [1.82, 2.24) is 9.62 Å². The molecule has 2 saturated heterocycles. The van der Waals surface area contributed by atoms with Crippen LogP contribution in [0.3, 0.4) is 0 Å². The van der Waals surface area contributed by atoms with Gasteiger partial charge in [0.05, 0.1) is 12.5 Å². The Bertz CT molecular complexity index is 769. The Balaban J connectivity index is 1.63. The van der Waals surface area contributed by atoms with Crippen LogP contribution in [0.5, 0.6) is 0 Å². The van der Waals surface area contributed by atoms with Crippen molar-refractivity contribution < 1.29 is 22.7 Å². The summed E-state index contributed by atoms with van der Waals surface area (Å²) in [7, 11) is -3.73. The predicted octanol–water partition coefficient (Wildman–Crippen LogP) is 1.08. The quantitative estimate of drug-likeness (QED) is 0.844. The van der Waals surface area contributed by atoms with Gasteiger partial charge in [0.2, 0.25) is 15.9 Å². The molecule has 2 unspecified atom stereocenters. The van der Waals surface area contributed by atoms with Crippen molar-refractivity contribution in [2.45, 2.75) is 31.4 Å². The molecule has 7 nitrogen and oxygen atoms in total. The monoisotopic (exact) mass is 380 g/mol. The molecule has 1 N–H and O–H groups in total. The average Bonchev–Trinajstić information content (AvgIpc) is 3.17. The molecule has 142 valence electrons. The number of carbonyl (C=O) groups excluding carboxylic acids is 2. The van der Waals surface area contributed by atoms with Crippen LogP contribution in [-0.2, 0) is 19.6 Å². The molecule has 2 amide bonds. The van der Waals surface area contributed by atoms with E-state index in [1.165, 1.54) is 0 Å². The number of hydrogen-bond donors (Lipinski definition) is 1. The number of amides is 2. The fourth-order valence-electron chi connectivity index (χ4n) is 3.32. The SMILES string of the molecule is Cc1ccc(C(=O)N2CCCC(C(=O)NS(=O)(=O)C3CCOC3)C2)cc1. The van der Waals surface area contributed by atoms with Gasteiger partial charge in [0.15, 0.2) is 0 Å². The molecule has 8 heteroatoms. The molecule has 2 atom stereocenters. The third-order valence-electron chi connectivity index (χ3n) is 4.95. The Hall–Kier alpha value is -1.93. The van der Waals surface area contributed by atoms with Crippen LogP contribution in [0.2, 0.25) is 0 Å². The molecule has 0 aromatic heterocycles. The molecule has 0 aliphatic carbocycles. The Morgan fingerprint density at radius 3 is 2.58 bits per heavy atom. The van der Waals surface area contributed by atoms with Crippen LogP contribution in [-0.4, -0.2) is 56.7 Å². The van der Waals surface area contributed by atoms with Gasteiger partial charge in [0.1, 0.15) is 5.25 Å². The van der Waals surface area contributed by atoms with Crippen LogP contribution in [0, 0.1) is 12.8 Å². The van der Waals surface area contributed by atoms with Gasteiger partial charge in [-0.3, -0.25) is 14.3 Å². The maximum atomic E-state index is 12.6. The highest BCUT2D eigenvalue weighted by molar-refractivity contribution is 7.90. The number of piperidine rings is 1. The first kappa shape index (κ1) is 18.8. The molecule has 0 saturated carbocycles. The lowest BCUT2D eigenvalue weighted by atomic mass is 9.97. The molecule has 0 spiro atoms. The minimum atomic E-state index is -3.73. The molecule has 2 aliphatic rings. The standard InChI is InChI=1S/C18H24N2O5S/c1-13-4-6-14(7-5-13)18(22)20-9-2-3-15(11-20)17(21)19-26(23,24)16-8-10-25-12-16/h4-7,15-16H,2-3,8-12H2,1H3,(H,19,21). The summed E-state index contributed by atoms with van der Waals surface area (Å²) in [6, 6.07) is 7.28. The van der Waals surface area contributed by atoms with Crippen molar-refractivity contribution in [3.8, 4) is 0 Å². The van der Waals surface area contributed by atoms with E-state index in [4.69, 9.17) is 4.74 Å². The van der Waals surface area contributed by atoms with E-state index in [2.05, 4.69) is 4.72 Å². The zero-order valence-electron chi connectivity index (χ0n) is 14.8. The van der Waals surface area contributed by atoms with E-state index < -0.39 is 27.1 Å². The number of rotatable bonds is 4. The van der Waals surface area contributed by atoms with Crippen LogP contribution in [0.1, 0.15) is 35.2 Å². The van der Waals surface area contributed by atoms with Crippen LogP contribution >= 0.6 is 0 Å². The van der Waals surface area contributed by atoms with Crippen LogP contribution in [0.4, 0.5) is 0 Å². The van der Waals surface area contributed by atoms with E-state index in [9.17, 15) is 18.0 Å². The van der Waals surface area contributed by atoms with E-state index in [0.29, 0.717) is 38.0 Å². The number of nitrogens with one attached hydrogen (secondary N) is 1. The predicted molar refractivity (Wildman–Crippen MR) is 96.1 cm³/mol. The number of ether oxygens (including phenoxy) is 1. The number of likely N-dealkylation sites (tertiary alicyclic amines) is 1. The van der Waals surface area contributed by atoms with E-state index >= 15 is 0 Å².